The maximum absolute atomic E-state index is 4.43. The zero-order valence-corrected chi connectivity index (χ0v) is 13.8. The summed E-state index contributed by atoms with van der Waals surface area (Å²) in [6.45, 7) is 4.85. The van der Waals surface area contributed by atoms with Crippen LogP contribution in [-0.4, -0.2) is 16.5 Å². The van der Waals surface area contributed by atoms with Crippen molar-refractivity contribution in [3.8, 4) is 0 Å². The summed E-state index contributed by atoms with van der Waals surface area (Å²) in [4.78, 5) is 8.62. The van der Waals surface area contributed by atoms with E-state index in [9.17, 15) is 0 Å². The number of nitrogens with one attached hydrogen (secondary N) is 2. The van der Waals surface area contributed by atoms with Gasteiger partial charge in [0, 0.05) is 17.2 Å². The Morgan fingerprint density at radius 2 is 2.00 bits per heavy atom. The van der Waals surface area contributed by atoms with E-state index in [-0.39, 0.29) is 0 Å². The lowest BCUT2D eigenvalue weighted by atomic mass is 10.2. The quantitative estimate of drug-likeness (QED) is 0.814. The van der Waals surface area contributed by atoms with Gasteiger partial charge >= 0.3 is 0 Å². The molecule has 1 heterocycles. The first-order valence-corrected chi connectivity index (χ1v) is 7.48. The van der Waals surface area contributed by atoms with Gasteiger partial charge in [0.15, 0.2) is 0 Å². The smallest absolute Gasteiger partial charge is 0.224 e. The minimum Gasteiger partial charge on any atom is -0.354 e. The van der Waals surface area contributed by atoms with Crippen LogP contribution in [0, 0.1) is 6.92 Å². The fourth-order valence-electron chi connectivity index (χ4n) is 1.56. The van der Waals surface area contributed by atoms with E-state index in [4.69, 9.17) is 0 Å². The van der Waals surface area contributed by atoms with Gasteiger partial charge in [0.1, 0.15) is 5.82 Å². The van der Waals surface area contributed by atoms with E-state index in [1.54, 1.807) is 6.20 Å². The number of benzene rings is 1. The van der Waals surface area contributed by atoms with Crippen molar-refractivity contribution < 1.29 is 0 Å². The number of hydrogen-bond acceptors (Lipinski definition) is 4. The summed E-state index contributed by atoms with van der Waals surface area (Å²) in [6.07, 6.45) is 1.73. The van der Waals surface area contributed by atoms with E-state index >= 15 is 0 Å². The van der Waals surface area contributed by atoms with Crippen LogP contribution in [0.4, 0.5) is 17.5 Å². The molecule has 4 nitrogen and oxygen atoms in total. The highest BCUT2D eigenvalue weighted by atomic mass is 79.9. The van der Waals surface area contributed by atoms with Gasteiger partial charge < -0.3 is 10.6 Å². The maximum atomic E-state index is 4.43. The standard InChI is InChI=1S/C13H14Br2N4/c1-3-16-13-17-7-10(15)12(19-13)18-11-6-8(2)4-5-9(11)14/h4-7H,3H2,1-2H3,(H2,16,17,18,19). The fourth-order valence-corrected chi connectivity index (χ4v) is 2.20. The van der Waals surface area contributed by atoms with Crippen LogP contribution in [0.5, 0.6) is 0 Å². The highest BCUT2D eigenvalue weighted by Crippen LogP contribution is 2.29. The maximum Gasteiger partial charge on any atom is 0.224 e. The Morgan fingerprint density at radius 3 is 2.74 bits per heavy atom. The van der Waals surface area contributed by atoms with Crippen molar-refractivity contribution in [3.05, 3.63) is 38.9 Å². The van der Waals surface area contributed by atoms with Crippen LogP contribution in [-0.2, 0) is 0 Å². The summed E-state index contributed by atoms with van der Waals surface area (Å²) < 4.78 is 1.82. The first kappa shape index (κ1) is 14.3. The summed E-state index contributed by atoms with van der Waals surface area (Å²) >= 11 is 6.98. The molecule has 1 aromatic carbocycles. The normalized spacial score (nSPS) is 10.3. The predicted molar refractivity (Wildman–Crippen MR) is 86.1 cm³/mol. The molecule has 2 N–H and O–H groups in total. The van der Waals surface area contributed by atoms with Crippen molar-refractivity contribution in [2.45, 2.75) is 13.8 Å². The monoisotopic (exact) mass is 384 g/mol. The Hall–Kier alpha value is -1.14. The lowest BCUT2D eigenvalue weighted by Crippen LogP contribution is -2.04. The highest BCUT2D eigenvalue weighted by molar-refractivity contribution is 9.11. The van der Waals surface area contributed by atoms with Gasteiger partial charge in [-0.2, -0.15) is 4.98 Å². The van der Waals surface area contributed by atoms with Crippen LogP contribution in [0.15, 0.2) is 33.3 Å². The molecule has 19 heavy (non-hydrogen) atoms. The van der Waals surface area contributed by atoms with Crippen LogP contribution in [0.1, 0.15) is 12.5 Å². The van der Waals surface area contributed by atoms with Gasteiger partial charge in [-0.15, -0.1) is 0 Å². The average molecular weight is 386 g/mol. The molecule has 0 radical (unpaired) electrons. The number of aromatic nitrogens is 2. The Bertz CT molecular complexity index is 587. The van der Waals surface area contributed by atoms with Gasteiger partial charge in [0.05, 0.1) is 10.2 Å². The van der Waals surface area contributed by atoms with Gasteiger partial charge in [-0.25, -0.2) is 4.98 Å². The fraction of sp³-hybridized carbons (Fsp3) is 0.231. The second-order valence-electron chi connectivity index (χ2n) is 4.03. The molecule has 0 atom stereocenters. The molecular weight excluding hydrogens is 372 g/mol. The van der Waals surface area contributed by atoms with Crippen LogP contribution in [0.25, 0.3) is 0 Å². The number of anilines is 3. The molecule has 0 amide bonds. The van der Waals surface area contributed by atoms with E-state index in [1.165, 1.54) is 5.56 Å². The molecule has 6 heteroatoms. The van der Waals surface area contributed by atoms with Crippen molar-refractivity contribution >= 4 is 49.3 Å². The van der Waals surface area contributed by atoms with Crippen LogP contribution in [0.2, 0.25) is 0 Å². The van der Waals surface area contributed by atoms with Crippen LogP contribution in [0.3, 0.4) is 0 Å². The topological polar surface area (TPSA) is 49.8 Å². The molecule has 2 rings (SSSR count). The molecule has 0 fully saturated rings. The van der Waals surface area contributed by atoms with Gasteiger partial charge in [-0.05, 0) is 63.4 Å². The van der Waals surface area contributed by atoms with Crippen molar-refractivity contribution in [1.82, 2.24) is 9.97 Å². The lowest BCUT2D eigenvalue weighted by Gasteiger charge is -2.11. The number of hydrogen-bond donors (Lipinski definition) is 2. The number of nitrogens with zero attached hydrogens (tertiary/aromatic N) is 2. The Morgan fingerprint density at radius 1 is 1.21 bits per heavy atom. The molecule has 0 aliphatic rings. The van der Waals surface area contributed by atoms with Gasteiger partial charge in [0.25, 0.3) is 0 Å². The molecule has 0 unspecified atom stereocenters. The van der Waals surface area contributed by atoms with Crippen molar-refractivity contribution in [1.29, 1.82) is 0 Å². The lowest BCUT2D eigenvalue weighted by molar-refractivity contribution is 1.08. The van der Waals surface area contributed by atoms with E-state index in [2.05, 4.69) is 65.5 Å². The minimum atomic E-state index is 0.608. The van der Waals surface area contributed by atoms with Crippen molar-refractivity contribution in [2.75, 3.05) is 17.2 Å². The first-order chi connectivity index (χ1) is 9.10. The highest BCUT2D eigenvalue weighted by Gasteiger charge is 2.07. The van der Waals surface area contributed by atoms with Crippen LogP contribution >= 0.6 is 31.9 Å². The second-order valence-corrected chi connectivity index (χ2v) is 5.74. The Labute approximate surface area is 129 Å². The summed E-state index contributed by atoms with van der Waals surface area (Å²) in [5.41, 5.74) is 2.16. The minimum absolute atomic E-state index is 0.608. The average Bonchev–Trinajstić information content (AvgIpc) is 2.38. The third-order valence-electron chi connectivity index (χ3n) is 2.45. The first-order valence-electron chi connectivity index (χ1n) is 5.89. The van der Waals surface area contributed by atoms with Crippen LogP contribution < -0.4 is 10.6 Å². The molecule has 2 aromatic rings. The zero-order chi connectivity index (χ0) is 13.8. The third-order valence-corrected chi connectivity index (χ3v) is 3.73. The number of aryl methyl sites for hydroxylation is 1. The second kappa shape index (κ2) is 6.34. The van der Waals surface area contributed by atoms with E-state index in [0.717, 1.165) is 27.0 Å². The van der Waals surface area contributed by atoms with E-state index in [0.29, 0.717) is 5.95 Å². The third kappa shape index (κ3) is 3.67. The molecule has 100 valence electrons. The number of rotatable bonds is 4. The van der Waals surface area contributed by atoms with Crippen molar-refractivity contribution in [2.24, 2.45) is 0 Å². The van der Waals surface area contributed by atoms with E-state index in [1.807, 2.05) is 19.1 Å². The zero-order valence-electron chi connectivity index (χ0n) is 10.7. The molecule has 0 aliphatic carbocycles. The molecule has 0 saturated heterocycles. The number of halogens is 2. The van der Waals surface area contributed by atoms with Gasteiger partial charge in [-0.3, -0.25) is 0 Å². The largest absolute Gasteiger partial charge is 0.354 e. The molecular formula is C13H14Br2N4. The molecule has 0 aliphatic heterocycles. The van der Waals surface area contributed by atoms with Gasteiger partial charge in [-0.1, -0.05) is 6.07 Å². The summed E-state index contributed by atoms with van der Waals surface area (Å²) in [6, 6.07) is 6.12. The summed E-state index contributed by atoms with van der Waals surface area (Å²) in [7, 11) is 0. The molecule has 0 bridgehead atoms. The molecule has 0 spiro atoms. The SMILES string of the molecule is CCNc1ncc(Br)c(Nc2cc(C)ccc2Br)n1. The molecule has 0 saturated carbocycles. The predicted octanol–water partition coefficient (Wildman–Crippen LogP) is 4.49. The van der Waals surface area contributed by atoms with Gasteiger partial charge in [0.2, 0.25) is 5.95 Å². The molecule has 1 aromatic heterocycles. The Kier molecular flexibility index (Phi) is 4.76. The van der Waals surface area contributed by atoms with E-state index < -0.39 is 0 Å². The summed E-state index contributed by atoms with van der Waals surface area (Å²) in [5.74, 6) is 1.34. The Balaban J connectivity index is 2.31. The van der Waals surface area contributed by atoms with Crippen molar-refractivity contribution in [3.63, 3.8) is 0 Å². The summed E-state index contributed by atoms with van der Waals surface area (Å²) in [5, 5.41) is 6.39.